The molecule has 4 unspecified atom stereocenters. The molecule has 2 aromatic rings. The van der Waals surface area contributed by atoms with Crippen LogP contribution in [0, 0.1) is 11.8 Å². The fraction of sp³-hybridized carbons (Fsp3) is 0.478. The van der Waals surface area contributed by atoms with E-state index in [1.165, 1.54) is 36.8 Å². The molecule has 0 heterocycles. The van der Waals surface area contributed by atoms with Gasteiger partial charge in [-0.25, -0.2) is 0 Å². The Bertz CT molecular complexity index is 710. The first kappa shape index (κ1) is 18.3. The quantitative estimate of drug-likeness (QED) is 0.749. The number of fused-ring (bicyclic) bond motifs is 2. The van der Waals surface area contributed by atoms with Crippen molar-refractivity contribution in [1.82, 2.24) is 0 Å². The van der Waals surface area contributed by atoms with Gasteiger partial charge in [0.2, 0.25) is 0 Å². The van der Waals surface area contributed by atoms with E-state index in [1.54, 1.807) is 13.8 Å². The minimum atomic E-state index is -0.811. The second-order valence-corrected chi connectivity index (χ2v) is 8.03. The molecule has 0 spiro atoms. The van der Waals surface area contributed by atoms with Gasteiger partial charge in [-0.15, -0.1) is 0 Å². The van der Waals surface area contributed by atoms with Gasteiger partial charge in [0.25, 0.3) is 0 Å². The lowest BCUT2D eigenvalue weighted by Crippen LogP contribution is -2.34. The van der Waals surface area contributed by atoms with Gasteiger partial charge >= 0.3 is 0 Å². The standard InChI is InChI=1S/C23H28O4/c1-15(24)26-21-9-5-18(6-10-21)23(14-17-3-4-20(23)13-17)19-7-11-22(12-8-19)27-16(2)25/h5-12,15-17,20,24-25H,3-4,13-14H2,1-2H3. The van der Waals surface area contributed by atoms with Crippen molar-refractivity contribution >= 4 is 0 Å². The highest BCUT2D eigenvalue weighted by atomic mass is 16.6. The van der Waals surface area contributed by atoms with E-state index >= 15 is 0 Å². The third-order valence-electron chi connectivity index (χ3n) is 6.20. The number of rotatable bonds is 6. The highest BCUT2D eigenvalue weighted by Gasteiger charge is 2.52. The molecule has 2 fully saturated rings. The minimum absolute atomic E-state index is 0.0235. The maximum absolute atomic E-state index is 9.44. The smallest absolute Gasteiger partial charge is 0.194 e. The van der Waals surface area contributed by atoms with Crippen molar-refractivity contribution in [2.24, 2.45) is 11.8 Å². The lowest BCUT2D eigenvalue weighted by atomic mass is 9.64. The third kappa shape index (κ3) is 3.44. The summed E-state index contributed by atoms with van der Waals surface area (Å²) in [6, 6.07) is 16.4. The number of hydrogen-bond donors (Lipinski definition) is 2. The first-order valence-corrected chi connectivity index (χ1v) is 9.88. The second-order valence-electron chi connectivity index (χ2n) is 8.03. The molecule has 2 bridgehead atoms. The average molecular weight is 368 g/mol. The van der Waals surface area contributed by atoms with Crippen LogP contribution in [-0.2, 0) is 5.41 Å². The zero-order valence-corrected chi connectivity index (χ0v) is 16.0. The Kier molecular flexibility index (Phi) is 4.87. The zero-order valence-electron chi connectivity index (χ0n) is 16.0. The Morgan fingerprint density at radius 1 is 0.815 bits per heavy atom. The molecule has 2 N–H and O–H groups in total. The number of aliphatic hydroxyl groups is 2. The Hall–Kier alpha value is -2.04. The third-order valence-corrected chi connectivity index (χ3v) is 6.20. The van der Waals surface area contributed by atoms with E-state index in [-0.39, 0.29) is 5.41 Å². The predicted molar refractivity (Wildman–Crippen MR) is 104 cm³/mol. The summed E-state index contributed by atoms with van der Waals surface area (Å²) in [6.45, 7) is 3.23. The molecule has 4 heteroatoms. The average Bonchev–Trinajstić information content (AvgIpc) is 3.24. The van der Waals surface area contributed by atoms with Crippen LogP contribution >= 0.6 is 0 Å². The summed E-state index contributed by atoms with van der Waals surface area (Å²) in [7, 11) is 0. The maximum atomic E-state index is 9.44. The van der Waals surface area contributed by atoms with E-state index in [0.29, 0.717) is 17.4 Å². The molecule has 144 valence electrons. The van der Waals surface area contributed by atoms with Gasteiger partial charge in [0.1, 0.15) is 11.5 Å². The van der Waals surface area contributed by atoms with Crippen LogP contribution in [0.2, 0.25) is 0 Å². The summed E-state index contributed by atoms with van der Waals surface area (Å²) in [5, 5.41) is 18.9. The van der Waals surface area contributed by atoms with Crippen LogP contribution in [0.3, 0.4) is 0 Å². The Morgan fingerprint density at radius 2 is 1.30 bits per heavy atom. The van der Waals surface area contributed by atoms with Crippen molar-refractivity contribution in [3.8, 4) is 11.5 Å². The molecular weight excluding hydrogens is 340 g/mol. The second kappa shape index (κ2) is 7.17. The highest BCUT2D eigenvalue weighted by molar-refractivity contribution is 5.46. The lowest BCUT2D eigenvalue weighted by molar-refractivity contribution is -0.000873. The summed E-state index contributed by atoms with van der Waals surface area (Å²) in [4.78, 5) is 0. The van der Waals surface area contributed by atoms with Crippen LogP contribution in [0.15, 0.2) is 48.5 Å². The molecule has 4 atom stereocenters. The van der Waals surface area contributed by atoms with Gasteiger partial charge in [0.05, 0.1) is 0 Å². The van der Waals surface area contributed by atoms with Crippen molar-refractivity contribution in [1.29, 1.82) is 0 Å². The number of aliphatic hydroxyl groups excluding tert-OH is 2. The first-order chi connectivity index (χ1) is 13.0. The molecule has 4 nitrogen and oxygen atoms in total. The van der Waals surface area contributed by atoms with E-state index < -0.39 is 12.6 Å². The summed E-state index contributed by atoms with van der Waals surface area (Å²) in [6.07, 6.45) is 3.44. The van der Waals surface area contributed by atoms with Crippen LogP contribution in [0.4, 0.5) is 0 Å². The summed E-state index contributed by atoms with van der Waals surface area (Å²) in [5.74, 6) is 2.81. The molecule has 0 amide bonds. The summed E-state index contributed by atoms with van der Waals surface area (Å²) < 4.78 is 10.8. The molecule has 2 aliphatic carbocycles. The molecule has 27 heavy (non-hydrogen) atoms. The van der Waals surface area contributed by atoms with Crippen molar-refractivity contribution < 1.29 is 19.7 Å². The molecule has 0 aliphatic heterocycles. The SMILES string of the molecule is CC(O)Oc1ccc(C2(c3ccc(OC(C)O)cc3)CC3CCC2C3)cc1. The molecule has 2 aromatic carbocycles. The van der Waals surface area contributed by atoms with E-state index in [1.807, 2.05) is 24.3 Å². The number of benzene rings is 2. The molecule has 0 radical (unpaired) electrons. The van der Waals surface area contributed by atoms with Crippen molar-refractivity contribution in [3.05, 3.63) is 59.7 Å². The molecule has 0 aromatic heterocycles. The van der Waals surface area contributed by atoms with Crippen molar-refractivity contribution in [2.45, 2.75) is 57.5 Å². The Balaban J connectivity index is 1.69. The predicted octanol–water partition coefficient (Wildman–Crippen LogP) is 4.23. The molecule has 2 aliphatic rings. The number of hydrogen-bond acceptors (Lipinski definition) is 4. The Labute approximate surface area is 160 Å². The molecule has 2 saturated carbocycles. The van der Waals surface area contributed by atoms with Gasteiger partial charge in [-0.05, 0) is 80.3 Å². The lowest BCUT2D eigenvalue weighted by Gasteiger charge is -2.39. The minimum Gasteiger partial charge on any atom is -0.465 e. The van der Waals surface area contributed by atoms with Crippen LogP contribution in [-0.4, -0.2) is 22.8 Å². The monoisotopic (exact) mass is 368 g/mol. The van der Waals surface area contributed by atoms with E-state index in [4.69, 9.17) is 9.47 Å². The molecule has 4 rings (SSSR count). The van der Waals surface area contributed by atoms with E-state index in [2.05, 4.69) is 24.3 Å². The van der Waals surface area contributed by atoms with Gasteiger partial charge in [0.15, 0.2) is 12.6 Å². The van der Waals surface area contributed by atoms with Gasteiger partial charge < -0.3 is 19.7 Å². The number of ether oxygens (including phenoxy) is 2. The van der Waals surface area contributed by atoms with Gasteiger partial charge in [-0.1, -0.05) is 30.7 Å². The first-order valence-electron chi connectivity index (χ1n) is 9.88. The van der Waals surface area contributed by atoms with Crippen LogP contribution in [0.25, 0.3) is 0 Å². The zero-order chi connectivity index (χ0) is 19.0. The topological polar surface area (TPSA) is 58.9 Å². The molecule has 0 saturated heterocycles. The maximum Gasteiger partial charge on any atom is 0.194 e. The fourth-order valence-corrected chi connectivity index (χ4v) is 5.26. The van der Waals surface area contributed by atoms with Crippen LogP contribution in [0.1, 0.15) is 50.7 Å². The van der Waals surface area contributed by atoms with Crippen LogP contribution < -0.4 is 9.47 Å². The molecular formula is C23H28O4. The summed E-state index contributed by atoms with van der Waals surface area (Å²) >= 11 is 0. The highest BCUT2D eigenvalue weighted by Crippen LogP contribution is 2.60. The Morgan fingerprint density at radius 3 is 1.63 bits per heavy atom. The largest absolute Gasteiger partial charge is 0.465 e. The summed E-state index contributed by atoms with van der Waals surface area (Å²) in [5.41, 5.74) is 2.66. The van der Waals surface area contributed by atoms with Crippen molar-refractivity contribution in [2.75, 3.05) is 0 Å². The van der Waals surface area contributed by atoms with Crippen molar-refractivity contribution in [3.63, 3.8) is 0 Å². The van der Waals surface area contributed by atoms with Gasteiger partial charge in [-0.2, -0.15) is 0 Å². The van der Waals surface area contributed by atoms with E-state index in [9.17, 15) is 10.2 Å². The van der Waals surface area contributed by atoms with Gasteiger partial charge in [-0.3, -0.25) is 0 Å². The fourth-order valence-electron chi connectivity index (χ4n) is 5.26. The van der Waals surface area contributed by atoms with Crippen LogP contribution in [0.5, 0.6) is 11.5 Å². The van der Waals surface area contributed by atoms with E-state index in [0.717, 1.165) is 5.92 Å². The van der Waals surface area contributed by atoms with Gasteiger partial charge in [0, 0.05) is 5.41 Å². The normalized spacial score (nSPS) is 28.7.